The molecule has 4 heterocycles. The molecule has 0 radical (unpaired) electrons. The van der Waals surface area contributed by atoms with E-state index in [4.69, 9.17) is 9.47 Å². The largest absolute Gasteiger partial charge is 0.455 e. The van der Waals surface area contributed by atoms with Crippen molar-refractivity contribution in [2.45, 2.75) is 95.7 Å². The SMILES string of the molecule is CCCCN1C/C=C\CCC(=O)N(C)[C@@H](C)[C@H](c2ccccc2)OC(=O)[C@H]2[C@@H]3O[C@@]4(C=C3Br)[C@@H]2C(=O)N([C@@H](CO)[C@@H](C)CC)[C@@H]4C1=O. The summed E-state index contributed by atoms with van der Waals surface area (Å²) in [5.41, 5.74) is -0.708. The Kier molecular flexibility index (Phi) is 11.0. The van der Waals surface area contributed by atoms with Crippen molar-refractivity contribution in [3.63, 3.8) is 0 Å². The number of aliphatic hydroxyl groups excluding tert-OH is 1. The second kappa shape index (κ2) is 14.6. The van der Waals surface area contributed by atoms with Crippen LogP contribution >= 0.6 is 15.9 Å². The van der Waals surface area contributed by atoms with Gasteiger partial charge in [0.25, 0.3) is 0 Å². The molecule has 1 aromatic carbocycles. The average Bonchev–Trinajstić information content (AvgIpc) is 3.67. The Balaban J connectivity index is 1.66. The van der Waals surface area contributed by atoms with Crippen LogP contribution in [0.15, 0.2) is 53.0 Å². The fraction of sp³-hybridized carbons (Fsp3) is 0.611. The molecule has 5 bridgehead atoms. The Morgan fingerprint density at radius 3 is 2.45 bits per heavy atom. The molecule has 5 rings (SSSR count). The quantitative estimate of drug-likeness (QED) is 0.314. The topological polar surface area (TPSA) is 117 Å². The van der Waals surface area contributed by atoms with E-state index in [0.29, 0.717) is 30.4 Å². The molecule has 10 nitrogen and oxygen atoms in total. The minimum absolute atomic E-state index is 0.0970. The smallest absolute Gasteiger partial charge is 0.313 e. The van der Waals surface area contributed by atoms with Crippen LogP contribution in [0.2, 0.25) is 0 Å². The molecule has 0 saturated carbocycles. The third-order valence-electron chi connectivity index (χ3n) is 10.6. The number of ether oxygens (including phenoxy) is 2. The zero-order valence-corrected chi connectivity index (χ0v) is 29.6. The Labute approximate surface area is 286 Å². The number of aliphatic hydroxyl groups is 1. The lowest BCUT2D eigenvalue weighted by molar-refractivity contribution is -0.164. The van der Waals surface area contributed by atoms with Crippen molar-refractivity contribution in [3.05, 3.63) is 58.6 Å². The van der Waals surface area contributed by atoms with Gasteiger partial charge in [0.2, 0.25) is 17.7 Å². The number of unbranched alkanes of at least 4 members (excludes halogenated alkanes) is 1. The van der Waals surface area contributed by atoms with Gasteiger partial charge in [-0.15, -0.1) is 0 Å². The van der Waals surface area contributed by atoms with Gasteiger partial charge in [-0.3, -0.25) is 19.2 Å². The lowest BCUT2D eigenvalue weighted by Gasteiger charge is -2.40. The van der Waals surface area contributed by atoms with Gasteiger partial charge in [0.15, 0.2) is 0 Å². The van der Waals surface area contributed by atoms with Gasteiger partial charge < -0.3 is 29.3 Å². The van der Waals surface area contributed by atoms with Crippen molar-refractivity contribution in [2.75, 3.05) is 26.7 Å². The number of amides is 3. The second-order valence-electron chi connectivity index (χ2n) is 13.4. The molecule has 47 heavy (non-hydrogen) atoms. The number of hydrogen-bond acceptors (Lipinski definition) is 7. The third kappa shape index (κ3) is 6.31. The standard InChI is InChI=1S/C36H48BrN3O7/c1-6-8-18-39-19-14-10-13-17-27(42)38(5)23(4)30(24-15-11-9-12-16-24)46-35(45)28-29-33(43)40(26(21-41)22(3)7-2)32(34(39)44)36(29)20-25(37)31(28)47-36/h9-12,14-16,20,22-23,26,28-32,41H,6-8,13,17-19,21H2,1-5H3/b14-10-/t22-,23-,26-,28+,29-,30+,31+,32+,36-/m0/s1. The number of likely N-dealkylation sites (N-methyl/N-ethyl adjacent to an activating group) is 1. The summed E-state index contributed by atoms with van der Waals surface area (Å²) in [6.45, 7) is 8.26. The molecule has 256 valence electrons. The molecule has 1 spiro atoms. The summed E-state index contributed by atoms with van der Waals surface area (Å²) in [6, 6.07) is 7.02. The Bertz CT molecular complexity index is 1400. The summed E-state index contributed by atoms with van der Waals surface area (Å²) >= 11 is 3.62. The Morgan fingerprint density at radius 2 is 1.79 bits per heavy atom. The maximum Gasteiger partial charge on any atom is 0.313 e. The van der Waals surface area contributed by atoms with Gasteiger partial charge in [0, 0.05) is 31.0 Å². The molecule has 2 saturated heterocycles. The van der Waals surface area contributed by atoms with Crippen LogP contribution in [-0.2, 0) is 28.7 Å². The molecule has 0 unspecified atom stereocenters. The van der Waals surface area contributed by atoms with Crippen LogP contribution in [0.4, 0.5) is 0 Å². The van der Waals surface area contributed by atoms with Crippen molar-refractivity contribution in [1.82, 2.24) is 14.7 Å². The fourth-order valence-electron chi connectivity index (χ4n) is 7.62. The van der Waals surface area contributed by atoms with E-state index in [1.54, 1.807) is 22.9 Å². The van der Waals surface area contributed by atoms with Crippen molar-refractivity contribution >= 4 is 39.6 Å². The zero-order valence-electron chi connectivity index (χ0n) is 28.0. The Morgan fingerprint density at radius 1 is 1.06 bits per heavy atom. The minimum atomic E-state index is -1.43. The number of esters is 1. The molecule has 0 aromatic heterocycles. The van der Waals surface area contributed by atoms with E-state index in [1.807, 2.05) is 70.2 Å². The van der Waals surface area contributed by atoms with Gasteiger partial charge in [-0.25, -0.2) is 0 Å². The molecule has 0 aliphatic carbocycles. The number of fused-ring (bicyclic) bond motifs is 2. The molecule has 1 aromatic rings. The summed E-state index contributed by atoms with van der Waals surface area (Å²) in [4.78, 5) is 62.1. The van der Waals surface area contributed by atoms with E-state index in [-0.39, 0.29) is 30.8 Å². The van der Waals surface area contributed by atoms with Crippen LogP contribution in [0.25, 0.3) is 0 Å². The fourth-order valence-corrected chi connectivity index (χ4v) is 8.35. The van der Waals surface area contributed by atoms with Crippen molar-refractivity contribution in [1.29, 1.82) is 0 Å². The monoisotopic (exact) mass is 713 g/mol. The highest BCUT2D eigenvalue weighted by Gasteiger charge is 2.75. The predicted molar refractivity (Wildman–Crippen MR) is 180 cm³/mol. The maximum absolute atomic E-state index is 14.8. The van der Waals surface area contributed by atoms with Gasteiger partial charge in [-0.05, 0) is 37.3 Å². The lowest BCUT2D eigenvalue weighted by Crippen LogP contribution is -2.59. The molecule has 4 aliphatic heterocycles. The highest BCUT2D eigenvalue weighted by Crippen LogP contribution is 2.59. The van der Waals surface area contributed by atoms with Crippen molar-refractivity contribution in [2.24, 2.45) is 17.8 Å². The summed E-state index contributed by atoms with van der Waals surface area (Å²) in [5, 5.41) is 10.7. The lowest BCUT2D eigenvalue weighted by atomic mass is 9.74. The van der Waals surface area contributed by atoms with E-state index in [1.165, 1.54) is 4.90 Å². The Hall–Kier alpha value is -3.02. The first-order valence-electron chi connectivity index (χ1n) is 17.0. The first-order valence-corrected chi connectivity index (χ1v) is 17.8. The number of hydrogen-bond donors (Lipinski definition) is 1. The number of allylic oxidation sites excluding steroid dienone is 1. The number of likely N-dealkylation sites (tertiary alicyclic amines) is 1. The van der Waals surface area contributed by atoms with E-state index in [0.717, 1.165) is 18.4 Å². The molecule has 11 heteroatoms. The number of nitrogens with zero attached hydrogens (tertiary/aromatic N) is 3. The number of cyclic esters (lactones) is 1. The molecular weight excluding hydrogens is 666 g/mol. The summed E-state index contributed by atoms with van der Waals surface area (Å²) in [6.07, 6.45) is 6.99. The van der Waals surface area contributed by atoms with Gasteiger partial charge in [0.1, 0.15) is 29.8 Å². The predicted octanol–water partition coefficient (Wildman–Crippen LogP) is 4.38. The van der Waals surface area contributed by atoms with Gasteiger partial charge in [-0.1, -0.05) is 92.0 Å². The zero-order chi connectivity index (χ0) is 34.0. The van der Waals surface area contributed by atoms with E-state index in [2.05, 4.69) is 15.9 Å². The molecular formula is C36H48BrN3O7. The van der Waals surface area contributed by atoms with Crippen LogP contribution in [0.5, 0.6) is 0 Å². The highest BCUT2D eigenvalue weighted by molar-refractivity contribution is 9.11. The van der Waals surface area contributed by atoms with Crippen LogP contribution in [0.1, 0.15) is 71.5 Å². The van der Waals surface area contributed by atoms with E-state index >= 15 is 0 Å². The molecule has 4 aliphatic rings. The summed E-state index contributed by atoms with van der Waals surface area (Å²) < 4.78 is 13.6. The summed E-state index contributed by atoms with van der Waals surface area (Å²) in [5.74, 6) is -3.61. The number of benzene rings is 1. The van der Waals surface area contributed by atoms with E-state index in [9.17, 15) is 24.3 Å². The molecule has 3 amide bonds. The van der Waals surface area contributed by atoms with Crippen LogP contribution < -0.4 is 0 Å². The average molecular weight is 715 g/mol. The minimum Gasteiger partial charge on any atom is -0.455 e. The van der Waals surface area contributed by atoms with Crippen molar-refractivity contribution < 1.29 is 33.8 Å². The molecule has 1 N–H and O–H groups in total. The molecule has 9 atom stereocenters. The van der Waals surface area contributed by atoms with Gasteiger partial charge in [-0.2, -0.15) is 0 Å². The maximum atomic E-state index is 14.8. The van der Waals surface area contributed by atoms with Crippen molar-refractivity contribution in [3.8, 4) is 0 Å². The van der Waals surface area contributed by atoms with Crippen LogP contribution in [0.3, 0.4) is 0 Å². The first kappa shape index (κ1) is 35.3. The van der Waals surface area contributed by atoms with E-state index < -0.39 is 59.6 Å². The van der Waals surface area contributed by atoms with Gasteiger partial charge >= 0.3 is 5.97 Å². The van der Waals surface area contributed by atoms with Crippen LogP contribution in [0, 0.1) is 17.8 Å². The van der Waals surface area contributed by atoms with Gasteiger partial charge in [0.05, 0.1) is 24.6 Å². The number of carbonyl (C=O) groups is 4. The molecule has 2 fully saturated rings. The second-order valence-corrected chi connectivity index (χ2v) is 14.3. The summed E-state index contributed by atoms with van der Waals surface area (Å²) in [7, 11) is 1.71. The highest BCUT2D eigenvalue weighted by atomic mass is 79.9. The third-order valence-corrected chi connectivity index (χ3v) is 11.3. The number of halogens is 1. The normalized spacial score (nSPS) is 33.5. The van der Waals surface area contributed by atoms with Crippen LogP contribution in [-0.4, -0.2) is 100 Å². The number of carbonyl (C=O) groups excluding carboxylic acids is 4. The number of rotatable bonds is 8. The first-order chi connectivity index (χ1) is 22.5.